The molecule has 140 valence electrons. The number of carbonyl (C=O) groups excluding carboxylic acids is 1. The highest BCUT2D eigenvalue weighted by Gasteiger charge is 2.10. The largest absolute Gasteiger partial charge is 0.341 e. The molecule has 0 spiro atoms. The van der Waals surface area contributed by atoms with Crippen molar-refractivity contribution in [1.82, 2.24) is 10.6 Å². The maximum atomic E-state index is 13.4. The van der Waals surface area contributed by atoms with Gasteiger partial charge in [0.15, 0.2) is 0 Å². The van der Waals surface area contributed by atoms with Gasteiger partial charge in [0.1, 0.15) is 5.82 Å². The first kappa shape index (κ1) is 19.0. The van der Waals surface area contributed by atoms with Crippen LogP contribution >= 0.6 is 0 Å². The van der Waals surface area contributed by atoms with E-state index in [1.165, 1.54) is 17.7 Å². The number of fused-ring (bicyclic) bond motifs is 1. The molecule has 0 heterocycles. The summed E-state index contributed by atoms with van der Waals surface area (Å²) in [4.78, 5) is 12.3. The first-order valence-corrected chi connectivity index (χ1v) is 9.88. The summed E-state index contributed by atoms with van der Waals surface area (Å²) in [6.07, 6.45) is 1.65. The van der Waals surface area contributed by atoms with E-state index in [9.17, 15) is 13.4 Å². The van der Waals surface area contributed by atoms with Crippen LogP contribution in [0.4, 0.5) is 9.18 Å². The summed E-state index contributed by atoms with van der Waals surface area (Å²) in [6.45, 7) is 0.595. The lowest BCUT2D eigenvalue weighted by Crippen LogP contribution is -2.33. The maximum Gasteiger partial charge on any atom is 0.314 e. The van der Waals surface area contributed by atoms with Crippen molar-refractivity contribution in [3.05, 3.63) is 72.0 Å². The number of carbonyl (C=O) groups is 1. The van der Waals surface area contributed by atoms with Crippen LogP contribution in [0.2, 0.25) is 0 Å². The number of rotatable bonds is 6. The number of aryl methyl sites for hydroxylation is 1. The van der Waals surface area contributed by atoms with Crippen LogP contribution in [-0.2, 0) is 17.2 Å². The molecule has 0 aliphatic carbocycles. The van der Waals surface area contributed by atoms with Crippen LogP contribution in [0.15, 0.2) is 70.5 Å². The van der Waals surface area contributed by atoms with Crippen molar-refractivity contribution in [2.24, 2.45) is 0 Å². The van der Waals surface area contributed by atoms with E-state index in [1.54, 1.807) is 19.2 Å². The third-order valence-electron chi connectivity index (χ3n) is 4.30. The molecule has 3 rings (SSSR count). The summed E-state index contributed by atoms with van der Waals surface area (Å²) in [6, 6.07) is 17.4. The summed E-state index contributed by atoms with van der Waals surface area (Å²) in [5.74, 6) is -0.394. The Morgan fingerprint density at radius 3 is 2.59 bits per heavy atom. The van der Waals surface area contributed by atoms with Crippen molar-refractivity contribution < 1.29 is 13.4 Å². The topological polar surface area (TPSA) is 58.2 Å². The van der Waals surface area contributed by atoms with E-state index in [2.05, 4.69) is 16.7 Å². The molecule has 3 aromatic rings. The average molecular weight is 384 g/mol. The predicted octanol–water partition coefficient (Wildman–Crippen LogP) is 4.01. The third kappa shape index (κ3) is 4.71. The molecule has 2 N–H and O–H groups in total. The minimum absolute atomic E-state index is 0.183. The molecule has 0 radical (unpaired) electrons. The molecule has 0 aliphatic heterocycles. The minimum atomic E-state index is -1.43. The highest BCUT2D eigenvalue weighted by atomic mass is 32.2. The van der Waals surface area contributed by atoms with E-state index < -0.39 is 16.6 Å². The molecule has 2 amide bonds. The second-order valence-corrected chi connectivity index (χ2v) is 7.62. The maximum absolute atomic E-state index is 13.4. The van der Waals surface area contributed by atoms with Crippen LogP contribution in [-0.4, -0.2) is 23.8 Å². The Balaban J connectivity index is 1.78. The van der Waals surface area contributed by atoms with Gasteiger partial charge in [0, 0.05) is 23.4 Å². The predicted molar refractivity (Wildman–Crippen MR) is 106 cm³/mol. The van der Waals surface area contributed by atoms with Gasteiger partial charge in [-0.3, -0.25) is 0 Å². The van der Waals surface area contributed by atoms with E-state index in [4.69, 9.17) is 0 Å². The van der Waals surface area contributed by atoms with E-state index >= 15 is 0 Å². The smallest absolute Gasteiger partial charge is 0.314 e. The van der Waals surface area contributed by atoms with E-state index in [-0.39, 0.29) is 6.03 Å². The Kier molecular flexibility index (Phi) is 6.19. The normalized spacial score (nSPS) is 11.9. The molecular weight excluding hydrogens is 363 g/mol. The number of hydrogen-bond acceptors (Lipinski definition) is 2. The van der Waals surface area contributed by atoms with Gasteiger partial charge in [0.25, 0.3) is 0 Å². The van der Waals surface area contributed by atoms with Crippen molar-refractivity contribution in [2.75, 3.05) is 13.6 Å². The van der Waals surface area contributed by atoms with Gasteiger partial charge in [-0.05, 0) is 59.5 Å². The van der Waals surface area contributed by atoms with E-state index in [0.717, 1.165) is 23.6 Å². The fraction of sp³-hybridized carbons (Fsp3) is 0.190. The van der Waals surface area contributed by atoms with Gasteiger partial charge in [-0.25, -0.2) is 13.4 Å². The van der Waals surface area contributed by atoms with Crippen molar-refractivity contribution >= 4 is 27.6 Å². The molecule has 6 heteroatoms. The molecule has 1 unspecified atom stereocenters. The highest BCUT2D eigenvalue weighted by Crippen LogP contribution is 2.25. The van der Waals surface area contributed by atoms with Crippen molar-refractivity contribution in [3.8, 4) is 0 Å². The number of halogens is 1. The Morgan fingerprint density at radius 2 is 1.81 bits per heavy atom. The molecular formula is C21H21FN2O2S. The molecule has 0 fully saturated rings. The van der Waals surface area contributed by atoms with E-state index in [1.807, 2.05) is 30.3 Å². The summed E-state index contributed by atoms with van der Waals surface area (Å²) >= 11 is 0. The van der Waals surface area contributed by atoms with E-state index in [0.29, 0.717) is 16.3 Å². The SMILES string of the molecule is CNC(=O)NCCCc1cccc2cc(S(=O)c3cccc(F)c3)ccc12. The van der Waals surface area contributed by atoms with Gasteiger partial charge >= 0.3 is 6.03 Å². The van der Waals surface area contributed by atoms with Gasteiger partial charge < -0.3 is 10.6 Å². The van der Waals surface area contributed by atoms with Crippen LogP contribution in [0.25, 0.3) is 10.8 Å². The number of benzene rings is 3. The fourth-order valence-electron chi connectivity index (χ4n) is 2.95. The lowest BCUT2D eigenvalue weighted by atomic mass is 10.0. The second-order valence-electron chi connectivity index (χ2n) is 6.14. The minimum Gasteiger partial charge on any atom is -0.341 e. The Morgan fingerprint density at radius 1 is 1.04 bits per heavy atom. The van der Waals surface area contributed by atoms with Gasteiger partial charge in [-0.2, -0.15) is 0 Å². The number of amides is 2. The highest BCUT2D eigenvalue weighted by molar-refractivity contribution is 7.85. The van der Waals surface area contributed by atoms with Gasteiger partial charge in [0.2, 0.25) is 0 Å². The lowest BCUT2D eigenvalue weighted by Gasteiger charge is -2.09. The molecule has 0 saturated carbocycles. The standard InChI is InChI=1S/C21H21FN2O2S/c1-23-21(25)24-12-4-7-15-5-2-6-16-13-19(10-11-20(15)16)27(26)18-9-3-8-17(22)14-18/h2-3,5-6,8-11,13-14H,4,7,12H2,1H3,(H2,23,24,25). The van der Waals surface area contributed by atoms with Crippen molar-refractivity contribution in [1.29, 1.82) is 0 Å². The van der Waals surface area contributed by atoms with Crippen LogP contribution in [0.1, 0.15) is 12.0 Å². The average Bonchev–Trinajstić information content (AvgIpc) is 2.70. The Hall–Kier alpha value is -2.73. The molecule has 0 bridgehead atoms. The van der Waals surface area contributed by atoms with Crippen molar-refractivity contribution in [3.63, 3.8) is 0 Å². The molecule has 27 heavy (non-hydrogen) atoms. The summed E-state index contributed by atoms with van der Waals surface area (Å²) in [7, 11) is 0.161. The summed E-state index contributed by atoms with van der Waals surface area (Å²) < 4.78 is 26.1. The molecule has 3 aromatic carbocycles. The number of urea groups is 1. The third-order valence-corrected chi connectivity index (χ3v) is 5.67. The first-order chi connectivity index (χ1) is 13.1. The fourth-order valence-corrected chi connectivity index (χ4v) is 4.07. The monoisotopic (exact) mass is 384 g/mol. The number of nitrogens with one attached hydrogen (secondary N) is 2. The second kappa shape index (κ2) is 8.77. The summed E-state index contributed by atoms with van der Waals surface area (Å²) in [5.41, 5.74) is 1.18. The Labute approximate surface area is 160 Å². The van der Waals surface area contributed by atoms with Gasteiger partial charge in [-0.1, -0.05) is 30.3 Å². The zero-order valence-electron chi connectivity index (χ0n) is 15.0. The Bertz CT molecular complexity index is 991. The van der Waals surface area contributed by atoms with Crippen LogP contribution < -0.4 is 10.6 Å². The zero-order chi connectivity index (χ0) is 19.2. The van der Waals surface area contributed by atoms with Crippen LogP contribution in [0.3, 0.4) is 0 Å². The van der Waals surface area contributed by atoms with Crippen LogP contribution in [0.5, 0.6) is 0 Å². The first-order valence-electron chi connectivity index (χ1n) is 8.73. The molecule has 4 nitrogen and oxygen atoms in total. The molecule has 0 aromatic heterocycles. The molecule has 0 aliphatic rings. The van der Waals surface area contributed by atoms with Gasteiger partial charge in [0.05, 0.1) is 10.8 Å². The number of hydrogen-bond donors (Lipinski definition) is 2. The molecule has 0 saturated heterocycles. The van der Waals surface area contributed by atoms with Crippen molar-refractivity contribution in [2.45, 2.75) is 22.6 Å². The van der Waals surface area contributed by atoms with Crippen LogP contribution in [0, 0.1) is 5.82 Å². The quantitative estimate of drug-likeness (QED) is 0.631. The zero-order valence-corrected chi connectivity index (χ0v) is 15.8. The summed E-state index contributed by atoms with van der Waals surface area (Å²) in [5, 5.41) is 7.39. The molecule has 1 atom stereocenters. The lowest BCUT2D eigenvalue weighted by molar-refractivity contribution is 0.243. The van der Waals surface area contributed by atoms with Gasteiger partial charge in [-0.15, -0.1) is 0 Å².